The molecule has 1 fully saturated rings. The average Bonchev–Trinajstić information content (AvgIpc) is 2.67. The fourth-order valence-electron chi connectivity index (χ4n) is 2.08. The molecule has 0 radical (unpaired) electrons. The molecule has 0 bridgehead atoms. The van der Waals surface area contributed by atoms with Crippen molar-refractivity contribution in [3.8, 4) is 0 Å². The van der Waals surface area contributed by atoms with Crippen molar-refractivity contribution in [2.24, 2.45) is 5.92 Å². The third-order valence-electron chi connectivity index (χ3n) is 3.02. The van der Waals surface area contributed by atoms with Crippen LogP contribution in [-0.2, 0) is 9.53 Å². The molecule has 0 amide bonds. The standard InChI is InChI=1S/C12H22O2/c1-3-6-10(2)14-9-12(13)11-7-4-5-8-11/h10-11H,3-9H2,1-2H3. The van der Waals surface area contributed by atoms with E-state index < -0.39 is 0 Å². The summed E-state index contributed by atoms with van der Waals surface area (Å²) in [6.07, 6.45) is 7.04. The highest BCUT2D eigenvalue weighted by Crippen LogP contribution is 2.25. The van der Waals surface area contributed by atoms with Crippen LogP contribution in [0.25, 0.3) is 0 Å². The van der Waals surface area contributed by atoms with E-state index in [1.54, 1.807) is 0 Å². The van der Waals surface area contributed by atoms with Gasteiger partial charge in [0, 0.05) is 5.92 Å². The van der Waals surface area contributed by atoms with Gasteiger partial charge in [-0.15, -0.1) is 0 Å². The second-order valence-corrected chi connectivity index (χ2v) is 4.36. The number of carbonyl (C=O) groups excluding carboxylic acids is 1. The molecule has 0 aromatic rings. The molecule has 1 unspecified atom stereocenters. The van der Waals surface area contributed by atoms with E-state index in [1.165, 1.54) is 12.8 Å². The van der Waals surface area contributed by atoms with Crippen molar-refractivity contribution in [2.75, 3.05) is 6.61 Å². The Balaban J connectivity index is 2.13. The first kappa shape index (κ1) is 11.7. The van der Waals surface area contributed by atoms with Crippen molar-refractivity contribution in [3.05, 3.63) is 0 Å². The van der Waals surface area contributed by atoms with Gasteiger partial charge in [-0.05, 0) is 26.2 Å². The van der Waals surface area contributed by atoms with Gasteiger partial charge in [-0.25, -0.2) is 0 Å². The number of Topliss-reactive ketones (excluding diaryl/α,β-unsaturated/α-hetero) is 1. The second-order valence-electron chi connectivity index (χ2n) is 4.36. The second kappa shape index (κ2) is 6.18. The maximum absolute atomic E-state index is 11.6. The van der Waals surface area contributed by atoms with Gasteiger partial charge >= 0.3 is 0 Å². The highest BCUT2D eigenvalue weighted by atomic mass is 16.5. The van der Waals surface area contributed by atoms with Crippen molar-refractivity contribution in [2.45, 2.75) is 58.5 Å². The third kappa shape index (κ3) is 3.79. The van der Waals surface area contributed by atoms with Gasteiger partial charge in [0.25, 0.3) is 0 Å². The fraction of sp³-hybridized carbons (Fsp3) is 0.917. The lowest BCUT2D eigenvalue weighted by atomic mass is 10.0. The monoisotopic (exact) mass is 198 g/mol. The first-order chi connectivity index (χ1) is 6.74. The number of hydrogen-bond donors (Lipinski definition) is 0. The number of rotatable bonds is 6. The van der Waals surface area contributed by atoms with E-state index in [9.17, 15) is 4.79 Å². The van der Waals surface area contributed by atoms with Crippen molar-refractivity contribution < 1.29 is 9.53 Å². The minimum absolute atomic E-state index is 0.241. The largest absolute Gasteiger partial charge is 0.371 e. The molecule has 1 atom stereocenters. The van der Waals surface area contributed by atoms with E-state index in [2.05, 4.69) is 6.92 Å². The van der Waals surface area contributed by atoms with Gasteiger partial charge in [0.2, 0.25) is 0 Å². The summed E-state index contributed by atoms with van der Waals surface area (Å²) in [6, 6.07) is 0. The van der Waals surface area contributed by atoms with Gasteiger partial charge < -0.3 is 4.74 Å². The van der Waals surface area contributed by atoms with Crippen molar-refractivity contribution >= 4 is 5.78 Å². The predicted octanol–water partition coefficient (Wildman–Crippen LogP) is 2.95. The van der Waals surface area contributed by atoms with Crippen LogP contribution in [0.1, 0.15) is 52.4 Å². The highest BCUT2D eigenvalue weighted by Gasteiger charge is 2.22. The van der Waals surface area contributed by atoms with Gasteiger partial charge in [0.15, 0.2) is 5.78 Å². The summed E-state index contributed by atoms with van der Waals surface area (Å²) in [5, 5.41) is 0. The minimum Gasteiger partial charge on any atom is -0.371 e. The Hall–Kier alpha value is -0.370. The number of carbonyl (C=O) groups is 1. The normalized spacial score (nSPS) is 19.9. The van der Waals surface area contributed by atoms with E-state index in [0.29, 0.717) is 18.3 Å². The van der Waals surface area contributed by atoms with Crippen LogP contribution in [0.4, 0.5) is 0 Å². The maximum atomic E-state index is 11.6. The number of ketones is 1. The highest BCUT2D eigenvalue weighted by molar-refractivity contribution is 5.82. The van der Waals surface area contributed by atoms with Crippen LogP contribution in [-0.4, -0.2) is 18.5 Å². The molecule has 0 heterocycles. The molecular weight excluding hydrogens is 176 g/mol. The van der Waals surface area contributed by atoms with Crippen LogP contribution < -0.4 is 0 Å². The van der Waals surface area contributed by atoms with Crippen LogP contribution >= 0.6 is 0 Å². The van der Waals surface area contributed by atoms with Crippen LogP contribution in [0.2, 0.25) is 0 Å². The lowest BCUT2D eigenvalue weighted by molar-refractivity contribution is -0.129. The zero-order valence-electron chi connectivity index (χ0n) is 9.42. The summed E-state index contributed by atoms with van der Waals surface area (Å²) in [5.41, 5.74) is 0. The molecule has 2 heteroatoms. The van der Waals surface area contributed by atoms with E-state index in [1.807, 2.05) is 6.92 Å². The van der Waals surface area contributed by atoms with E-state index in [-0.39, 0.29) is 6.10 Å². The summed E-state index contributed by atoms with van der Waals surface area (Å²) in [6.45, 7) is 4.52. The SMILES string of the molecule is CCCC(C)OCC(=O)C1CCCC1. The minimum atomic E-state index is 0.241. The fourth-order valence-corrected chi connectivity index (χ4v) is 2.08. The third-order valence-corrected chi connectivity index (χ3v) is 3.02. The van der Waals surface area contributed by atoms with Gasteiger partial charge in [-0.1, -0.05) is 26.2 Å². The summed E-state index contributed by atoms with van der Waals surface area (Å²) in [4.78, 5) is 11.6. The molecule has 82 valence electrons. The Bertz CT molecular complexity index is 171. The smallest absolute Gasteiger partial charge is 0.161 e. The maximum Gasteiger partial charge on any atom is 0.161 e. The zero-order chi connectivity index (χ0) is 10.4. The first-order valence-electron chi connectivity index (χ1n) is 5.88. The summed E-state index contributed by atoms with van der Waals surface area (Å²) in [7, 11) is 0. The Morgan fingerprint density at radius 3 is 2.64 bits per heavy atom. The molecule has 0 N–H and O–H groups in total. The average molecular weight is 198 g/mol. The quantitative estimate of drug-likeness (QED) is 0.656. The van der Waals surface area contributed by atoms with Gasteiger partial charge in [-0.2, -0.15) is 0 Å². The Labute approximate surface area is 87.0 Å². The van der Waals surface area contributed by atoms with Crippen molar-refractivity contribution in [1.82, 2.24) is 0 Å². The van der Waals surface area contributed by atoms with Gasteiger partial charge in [0.1, 0.15) is 6.61 Å². The molecule has 1 aliphatic carbocycles. The lowest BCUT2D eigenvalue weighted by Crippen LogP contribution is -2.21. The molecule has 1 saturated carbocycles. The Kier molecular flexibility index (Phi) is 5.16. The topological polar surface area (TPSA) is 26.3 Å². The molecule has 0 aliphatic heterocycles. The van der Waals surface area contributed by atoms with Crippen molar-refractivity contribution in [3.63, 3.8) is 0 Å². The Morgan fingerprint density at radius 2 is 2.07 bits per heavy atom. The van der Waals surface area contributed by atoms with Crippen LogP contribution in [0, 0.1) is 5.92 Å². The summed E-state index contributed by atoms with van der Waals surface area (Å²) >= 11 is 0. The first-order valence-corrected chi connectivity index (χ1v) is 5.88. The molecule has 2 nitrogen and oxygen atoms in total. The van der Waals surface area contributed by atoms with Gasteiger partial charge in [-0.3, -0.25) is 4.79 Å². The van der Waals surface area contributed by atoms with E-state index in [4.69, 9.17) is 4.74 Å². The summed E-state index contributed by atoms with van der Waals surface area (Å²) in [5.74, 6) is 0.634. The molecule has 0 aromatic heterocycles. The van der Waals surface area contributed by atoms with Crippen molar-refractivity contribution in [1.29, 1.82) is 0 Å². The van der Waals surface area contributed by atoms with E-state index in [0.717, 1.165) is 25.7 Å². The molecule has 1 rings (SSSR count). The Morgan fingerprint density at radius 1 is 1.43 bits per heavy atom. The van der Waals surface area contributed by atoms with E-state index >= 15 is 0 Å². The summed E-state index contributed by atoms with van der Waals surface area (Å²) < 4.78 is 5.51. The molecule has 0 spiro atoms. The van der Waals surface area contributed by atoms with Crippen LogP contribution in [0.5, 0.6) is 0 Å². The van der Waals surface area contributed by atoms with Gasteiger partial charge in [0.05, 0.1) is 6.10 Å². The van der Waals surface area contributed by atoms with Crippen LogP contribution in [0.15, 0.2) is 0 Å². The molecular formula is C12H22O2. The molecule has 1 aliphatic rings. The van der Waals surface area contributed by atoms with Crippen LogP contribution in [0.3, 0.4) is 0 Å². The number of hydrogen-bond acceptors (Lipinski definition) is 2. The molecule has 0 saturated heterocycles. The molecule has 0 aromatic carbocycles. The zero-order valence-corrected chi connectivity index (χ0v) is 9.42. The molecule has 14 heavy (non-hydrogen) atoms. The lowest BCUT2D eigenvalue weighted by Gasteiger charge is -2.13. The predicted molar refractivity (Wildman–Crippen MR) is 57.3 cm³/mol. The number of ether oxygens (including phenoxy) is 1.